The summed E-state index contributed by atoms with van der Waals surface area (Å²) in [7, 11) is 0. The van der Waals surface area contributed by atoms with Crippen molar-refractivity contribution in [1.29, 1.82) is 0 Å². The van der Waals surface area contributed by atoms with Gasteiger partial charge in [-0.3, -0.25) is 9.59 Å². The topological polar surface area (TPSA) is 58.6 Å². The van der Waals surface area contributed by atoms with E-state index in [0.717, 1.165) is 33.1 Å². The van der Waals surface area contributed by atoms with E-state index in [0.29, 0.717) is 12.3 Å². The third-order valence-electron chi connectivity index (χ3n) is 5.54. The number of carbonyl (C=O) groups is 2. The Labute approximate surface area is 194 Å². The number of ether oxygens (including phenoxy) is 1. The van der Waals surface area contributed by atoms with E-state index in [-0.39, 0.29) is 24.5 Å². The molecule has 0 spiro atoms. The number of halogens is 1. The number of aryl methyl sites for hydroxylation is 3. The van der Waals surface area contributed by atoms with Crippen LogP contribution >= 0.6 is 15.9 Å². The van der Waals surface area contributed by atoms with Gasteiger partial charge < -0.3 is 15.0 Å². The largest absolute Gasteiger partial charge is 0.484 e. The van der Waals surface area contributed by atoms with Crippen LogP contribution in [0.2, 0.25) is 0 Å². The van der Waals surface area contributed by atoms with Crippen LogP contribution in [0.15, 0.2) is 40.9 Å². The Morgan fingerprint density at radius 3 is 2.26 bits per heavy atom. The van der Waals surface area contributed by atoms with E-state index in [1.54, 1.807) is 11.8 Å². The molecule has 6 heteroatoms. The maximum absolute atomic E-state index is 13.2. The summed E-state index contributed by atoms with van der Waals surface area (Å²) in [4.78, 5) is 27.6. The lowest BCUT2D eigenvalue weighted by Gasteiger charge is -2.30. The predicted molar refractivity (Wildman–Crippen MR) is 128 cm³/mol. The van der Waals surface area contributed by atoms with Gasteiger partial charge in [0.15, 0.2) is 6.61 Å². The molecule has 0 saturated heterocycles. The lowest BCUT2D eigenvalue weighted by molar-refractivity contribution is -0.142. The average Bonchev–Trinajstić information content (AvgIpc) is 2.74. The molecule has 0 saturated carbocycles. The van der Waals surface area contributed by atoms with Gasteiger partial charge >= 0.3 is 0 Å². The zero-order chi connectivity index (χ0) is 23.1. The molecular formula is C25H33BrN2O3. The summed E-state index contributed by atoms with van der Waals surface area (Å²) < 4.78 is 6.85. The van der Waals surface area contributed by atoms with Crippen molar-refractivity contribution in [2.24, 2.45) is 0 Å². The molecule has 168 valence electrons. The quantitative estimate of drug-likeness (QED) is 0.534. The molecule has 2 atom stereocenters. The van der Waals surface area contributed by atoms with Crippen LogP contribution in [0, 0.1) is 20.8 Å². The molecule has 0 aliphatic carbocycles. The molecule has 0 bridgehead atoms. The third kappa shape index (κ3) is 6.82. The van der Waals surface area contributed by atoms with E-state index in [1.807, 2.05) is 71.0 Å². The van der Waals surface area contributed by atoms with E-state index < -0.39 is 6.04 Å². The molecule has 2 rings (SSSR count). The highest BCUT2D eigenvalue weighted by Crippen LogP contribution is 2.26. The van der Waals surface area contributed by atoms with Crippen molar-refractivity contribution in [2.75, 3.05) is 6.61 Å². The minimum Gasteiger partial charge on any atom is -0.484 e. The van der Waals surface area contributed by atoms with Crippen LogP contribution in [-0.2, 0) is 16.1 Å². The minimum atomic E-state index is -0.613. The molecule has 0 aliphatic rings. The lowest BCUT2D eigenvalue weighted by Crippen LogP contribution is -2.50. The van der Waals surface area contributed by atoms with E-state index >= 15 is 0 Å². The Bertz CT molecular complexity index is 906. The fourth-order valence-electron chi connectivity index (χ4n) is 3.24. The number of nitrogens with one attached hydrogen (secondary N) is 1. The van der Waals surface area contributed by atoms with Gasteiger partial charge in [0, 0.05) is 17.1 Å². The maximum atomic E-state index is 13.2. The van der Waals surface area contributed by atoms with E-state index in [4.69, 9.17) is 4.74 Å². The average molecular weight is 489 g/mol. The number of hydrogen-bond donors (Lipinski definition) is 1. The number of rotatable bonds is 9. The highest BCUT2D eigenvalue weighted by atomic mass is 79.9. The molecule has 5 nitrogen and oxygen atoms in total. The van der Waals surface area contributed by atoms with Crippen molar-refractivity contribution in [3.63, 3.8) is 0 Å². The first-order valence-corrected chi connectivity index (χ1v) is 11.5. The Morgan fingerprint density at radius 1 is 1.06 bits per heavy atom. The first-order chi connectivity index (χ1) is 14.6. The number of benzene rings is 2. The molecule has 0 unspecified atom stereocenters. The Kier molecular flexibility index (Phi) is 9.11. The third-order valence-corrected chi connectivity index (χ3v) is 6.79. The number of carbonyl (C=O) groups excluding carboxylic acids is 2. The van der Waals surface area contributed by atoms with Crippen molar-refractivity contribution in [1.82, 2.24) is 10.2 Å². The van der Waals surface area contributed by atoms with E-state index in [2.05, 4.69) is 21.2 Å². The van der Waals surface area contributed by atoms with Gasteiger partial charge in [0.25, 0.3) is 5.91 Å². The van der Waals surface area contributed by atoms with Crippen molar-refractivity contribution >= 4 is 27.7 Å². The van der Waals surface area contributed by atoms with Crippen LogP contribution in [0.1, 0.15) is 49.4 Å². The molecule has 0 aromatic heterocycles. The van der Waals surface area contributed by atoms with Crippen molar-refractivity contribution in [2.45, 2.75) is 66.6 Å². The van der Waals surface area contributed by atoms with Crippen LogP contribution in [0.25, 0.3) is 0 Å². The van der Waals surface area contributed by atoms with Crippen LogP contribution < -0.4 is 10.1 Å². The molecule has 0 fully saturated rings. The zero-order valence-electron chi connectivity index (χ0n) is 19.3. The summed E-state index contributed by atoms with van der Waals surface area (Å²) >= 11 is 3.55. The SMILES string of the molecule is CC[C@@H](C)NC(=O)[C@H](C)N(Cc1ccccc1C)C(=O)COc1cc(C)c(Br)c(C)c1. The van der Waals surface area contributed by atoms with Gasteiger partial charge in [-0.05, 0) is 75.4 Å². The highest BCUT2D eigenvalue weighted by molar-refractivity contribution is 9.10. The summed E-state index contributed by atoms with van der Waals surface area (Å²) in [6.45, 7) is 11.9. The Hall–Kier alpha value is -2.34. The number of hydrogen-bond acceptors (Lipinski definition) is 3. The van der Waals surface area contributed by atoms with E-state index in [9.17, 15) is 9.59 Å². The molecule has 0 aliphatic heterocycles. The predicted octanol–water partition coefficient (Wildman–Crippen LogP) is 5.09. The summed E-state index contributed by atoms with van der Waals surface area (Å²) in [6, 6.07) is 11.1. The summed E-state index contributed by atoms with van der Waals surface area (Å²) in [5.41, 5.74) is 4.17. The van der Waals surface area contributed by atoms with Gasteiger partial charge in [0.2, 0.25) is 5.91 Å². The molecule has 2 aromatic rings. The second-order valence-electron chi connectivity index (χ2n) is 8.10. The molecule has 2 aromatic carbocycles. The number of amides is 2. The first kappa shape index (κ1) is 24.9. The smallest absolute Gasteiger partial charge is 0.261 e. The van der Waals surface area contributed by atoms with Gasteiger partial charge in [0.05, 0.1) is 0 Å². The maximum Gasteiger partial charge on any atom is 0.261 e. The monoisotopic (exact) mass is 488 g/mol. The van der Waals surface area contributed by atoms with Gasteiger partial charge in [-0.2, -0.15) is 0 Å². The summed E-state index contributed by atoms with van der Waals surface area (Å²) in [6.07, 6.45) is 0.829. The van der Waals surface area contributed by atoms with Gasteiger partial charge in [-0.15, -0.1) is 0 Å². The van der Waals surface area contributed by atoms with Gasteiger partial charge in [0.1, 0.15) is 11.8 Å². The van der Waals surface area contributed by atoms with Gasteiger partial charge in [-0.25, -0.2) is 0 Å². The van der Waals surface area contributed by atoms with Crippen LogP contribution in [0.3, 0.4) is 0 Å². The van der Waals surface area contributed by atoms with Crippen molar-refractivity contribution < 1.29 is 14.3 Å². The van der Waals surface area contributed by atoms with E-state index in [1.165, 1.54) is 0 Å². The molecule has 2 amide bonds. The van der Waals surface area contributed by atoms with Crippen LogP contribution in [0.5, 0.6) is 5.75 Å². The van der Waals surface area contributed by atoms with Crippen LogP contribution in [-0.4, -0.2) is 35.4 Å². The molecule has 0 heterocycles. The highest BCUT2D eigenvalue weighted by Gasteiger charge is 2.27. The lowest BCUT2D eigenvalue weighted by atomic mass is 10.1. The Balaban J connectivity index is 2.21. The second kappa shape index (κ2) is 11.3. The first-order valence-electron chi connectivity index (χ1n) is 10.7. The second-order valence-corrected chi connectivity index (χ2v) is 8.89. The number of nitrogens with zero attached hydrogens (tertiary/aromatic N) is 1. The van der Waals surface area contributed by atoms with Crippen molar-refractivity contribution in [3.05, 3.63) is 63.1 Å². The van der Waals surface area contributed by atoms with Gasteiger partial charge in [-0.1, -0.05) is 47.1 Å². The standard InChI is InChI=1S/C25H33BrN2O3/c1-7-19(5)27-25(30)20(6)28(14-21-11-9-8-10-16(21)2)23(29)15-31-22-12-17(3)24(26)18(4)13-22/h8-13,19-20H,7,14-15H2,1-6H3,(H,27,30)/t19-,20+/m1/s1. The Morgan fingerprint density at radius 2 is 1.68 bits per heavy atom. The molecular weight excluding hydrogens is 456 g/mol. The fraction of sp³-hybridized carbons (Fsp3) is 0.440. The normalized spacial score (nSPS) is 12.7. The van der Waals surface area contributed by atoms with Crippen molar-refractivity contribution in [3.8, 4) is 5.75 Å². The molecule has 1 N–H and O–H groups in total. The summed E-state index contributed by atoms with van der Waals surface area (Å²) in [5.74, 6) is 0.249. The minimum absolute atomic E-state index is 0.0512. The molecule has 0 radical (unpaired) electrons. The molecule has 31 heavy (non-hydrogen) atoms. The summed E-state index contributed by atoms with van der Waals surface area (Å²) in [5, 5.41) is 2.98. The zero-order valence-corrected chi connectivity index (χ0v) is 20.9. The van der Waals surface area contributed by atoms with Crippen LogP contribution in [0.4, 0.5) is 0 Å². The fourth-order valence-corrected chi connectivity index (χ4v) is 3.47.